The molecular weight excluding hydrogens is 549 g/mol. The lowest BCUT2D eigenvalue weighted by molar-refractivity contribution is -0.122. The van der Waals surface area contributed by atoms with Gasteiger partial charge < -0.3 is 16.0 Å². The van der Waals surface area contributed by atoms with Crippen LogP contribution >= 0.6 is 22.9 Å². The highest BCUT2D eigenvalue weighted by Gasteiger charge is 2.56. The number of urea groups is 1. The maximum Gasteiger partial charge on any atom is 0.323 e. The maximum absolute atomic E-state index is 14.2. The van der Waals surface area contributed by atoms with E-state index in [-0.39, 0.29) is 5.78 Å². The molecule has 4 unspecified atom stereocenters. The molecule has 1 aliphatic heterocycles. The molecule has 1 aliphatic rings. The zero-order valence-electron chi connectivity index (χ0n) is 21.1. The average Bonchev–Trinajstić information content (AvgIpc) is 3.59. The highest BCUT2D eigenvalue weighted by molar-refractivity contribution is 7.10. The van der Waals surface area contributed by atoms with Crippen molar-refractivity contribution in [1.82, 2.24) is 4.90 Å². The number of likely N-dealkylation sites (tertiary alicyclic amines) is 1. The Hall–Kier alpha value is -4.27. The molecule has 202 valence electrons. The van der Waals surface area contributed by atoms with Gasteiger partial charge in [-0.2, -0.15) is 0 Å². The third-order valence-electron chi connectivity index (χ3n) is 6.91. The van der Waals surface area contributed by atoms with Crippen LogP contribution in [-0.4, -0.2) is 34.7 Å². The number of benzene rings is 3. The van der Waals surface area contributed by atoms with Crippen LogP contribution in [0.1, 0.15) is 26.7 Å². The maximum atomic E-state index is 14.2. The number of halogens is 2. The number of carbonyl (C=O) groups excluding carboxylic acids is 3. The number of hydrogen-bond donors (Lipinski definition) is 2. The number of ketones is 1. The molecule has 0 spiro atoms. The molecule has 3 N–H and O–H groups in total. The minimum absolute atomic E-state index is 0.271. The minimum Gasteiger partial charge on any atom is -0.368 e. The number of anilines is 1. The summed E-state index contributed by atoms with van der Waals surface area (Å²) >= 11 is 7.62. The van der Waals surface area contributed by atoms with Gasteiger partial charge >= 0.3 is 6.03 Å². The van der Waals surface area contributed by atoms with E-state index >= 15 is 0 Å². The summed E-state index contributed by atoms with van der Waals surface area (Å²) < 4.78 is 13.5. The molecule has 0 radical (unpaired) electrons. The normalized spacial score (nSPS) is 20.5. The summed E-state index contributed by atoms with van der Waals surface area (Å²) in [5, 5.41) is 4.99. The molecule has 2 heterocycles. The molecule has 0 saturated carbocycles. The molecule has 4 atom stereocenters. The lowest BCUT2D eigenvalue weighted by Crippen LogP contribution is -2.50. The minimum atomic E-state index is -1.14. The van der Waals surface area contributed by atoms with Gasteiger partial charge in [0.1, 0.15) is 11.9 Å². The first kappa shape index (κ1) is 27.3. The topological polar surface area (TPSA) is 92.5 Å². The lowest BCUT2D eigenvalue weighted by atomic mass is 9.80. The first-order valence-electron chi connectivity index (χ1n) is 12.5. The third-order valence-corrected chi connectivity index (χ3v) is 8.12. The predicted molar refractivity (Wildman–Crippen MR) is 156 cm³/mol. The zero-order chi connectivity index (χ0) is 28.2. The molecule has 3 amide bonds. The van der Waals surface area contributed by atoms with E-state index < -0.39 is 41.7 Å². The number of nitrogens with two attached hydrogens (primary N) is 1. The van der Waals surface area contributed by atoms with Crippen LogP contribution in [0, 0.1) is 11.7 Å². The molecule has 9 heteroatoms. The summed E-state index contributed by atoms with van der Waals surface area (Å²) in [5.74, 6) is -3.04. The number of primary amides is 1. The van der Waals surface area contributed by atoms with Crippen LogP contribution in [0.3, 0.4) is 0 Å². The Morgan fingerprint density at radius 1 is 0.950 bits per heavy atom. The van der Waals surface area contributed by atoms with Crippen LogP contribution in [0.4, 0.5) is 14.9 Å². The summed E-state index contributed by atoms with van der Waals surface area (Å²) in [6, 6.07) is 22.3. The number of nitrogens with one attached hydrogen (secondary N) is 1. The van der Waals surface area contributed by atoms with Crippen molar-refractivity contribution in [2.75, 3.05) is 5.32 Å². The SMILES string of the molecule is NC(=O)C1C(c2cccs2)C(C(=O)c2cccc(Cl)c2)C(C=Cc2ccccc2)N1C(=O)Nc1ccc(F)cc1. The van der Waals surface area contributed by atoms with Gasteiger partial charge in [0.2, 0.25) is 5.91 Å². The molecule has 40 heavy (non-hydrogen) atoms. The van der Waals surface area contributed by atoms with Gasteiger partial charge in [-0.3, -0.25) is 9.59 Å². The van der Waals surface area contributed by atoms with E-state index in [1.54, 1.807) is 30.3 Å². The number of hydrogen-bond acceptors (Lipinski definition) is 4. The average molecular weight is 574 g/mol. The number of amides is 3. The van der Waals surface area contributed by atoms with Crippen LogP contribution in [-0.2, 0) is 4.79 Å². The van der Waals surface area contributed by atoms with E-state index in [9.17, 15) is 18.8 Å². The lowest BCUT2D eigenvalue weighted by Gasteiger charge is -2.29. The second kappa shape index (κ2) is 11.9. The van der Waals surface area contributed by atoms with E-state index in [1.807, 2.05) is 53.9 Å². The number of carbonyl (C=O) groups is 3. The van der Waals surface area contributed by atoms with Gasteiger partial charge in [-0.05, 0) is 53.4 Å². The smallest absolute Gasteiger partial charge is 0.323 e. The monoisotopic (exact) mass is 573 g/mol. The molecule has 0 bridgehead atoms. The fourth-order valence-corrected chi connectivity index (χ4v) is 6.28. The summed E-state index contributed by atoms with van der Waals surface area (Å²) in [6.07, 6.45) is 3.58. The highest BCUT2D eigenvalue weighted by atomic mass is 35.5. The van der Waals surface area contributed by atoms with Gasteiger partial charge in [-0.1, -0.05) is 72.3 Å². The Morgan fingerprint density at radius 2 is 1.70 bits per heavy atom. The molecule has 1 fully saturated rings. The Balaban J connectivity index is 1.65. The van der Waals surface area contributed by atoms with Crippen LogP contribution in [0.15, 0.2) is 102 Å². The van der Waals surface area contributed by atoms with Crippen molar-refractivity contribution in [3.05, 3.63) is 129 Å². The summed E-state index contributed by atoms with van der Waals surface area (Å²) in [7, 11) is 0. The second-order valence-electron chi connectivity index (χ2n) is 9.39. The van der Waals surface area contributed by atoms with Crippen molar-refractivity contribution in [3.63, 3.8) is 0 Å². The van der Waals surface area contributed by atoms with Crippen LogP contribution in [0.2, 0.25) is 5.02 Å². The molecule has 0 aliphatic carbocycles. The van der Waals surface area contributed by atoms with E-state index in [0.717, 1.165) is 10.4 Å². The zero-order valence-corrected chi connectivity index (χ0v) is 22.7. The Kier molecular flexibility index (Phi) is 8.09. The van der Waals surface area contributed by atoms with Crippen LogP contribution in [0.25, 0.3) is 6.08 Å². The molecule has 1 aromatic heterocycles. The largest absolute Gasteiger partial charge is 0.368 e. The summed E-state index contributed by atoms with van der Waals surface area (Å²) in [6.45, 7) is 0. The Bertz CT molecular complexity index is 1540. The molecule has 5 rings (SSSR count). The number of Topliss-reactive ketones (excluding diaryl/α,β-unsaturated/α-hetero) is 1. The van der Waals surface area contributed by atoms with Crippen molar-refractivity contribution >= 4 is 52.4 Å². The van der Waals surface area contributed by atoms with Gasteiger partial charge in [0.25, 0.3) is 0 Å². The number of thiophene rings is 1. The van der Waals surface area contributed by atoms with E-state index in [0.29, 0.717) is 16.3 Å². The summed E-state index contributed by atoms with van der Waals surface area (Å²) in [5.41, 5.74) is 7.51. The number of nitrogens with zero attached hydrogens (tertiary/aromatic N) is 1. The van der Waals surface area contributed by atoms with Gasteiger partial charge in [-0.25, -0.2) is 9.18 Å². The third kappa shape index (κ3) is 5.68. The Labute approximate surface area is 239 Å². The van der Waals surface area contributed by atoms with Gasteiger partial charge in [-0.15, -0.1) is 11.3 Å². The number of rotatable bonds is 7. The van der Waals surface area contributed by atoms with Crippen molar-refractivity contribution in [2.45, 2.75) is 18.0 Å². The van der Waals surface area contributed by atoms with Gasteiger partial charge in [0.15, 0.2) is 5.78 Å². The molecule has 6 nitrogen and oxygen atoms in total. The van der Waals surface area contributed by atoms with Crippen molar-refractivity contribution in [1.29, 1.82) is 0 Å². The van der Waals surface area contributed by atoms with Gasteiger partial charge in [0.05, 0.1) is 12.0 Å². The second-order valence-corrected chi connectivity index (χ2v) is 10.8. The Morgan fingerprint density at radius 3 is 2.35 bits per heavy atom. The highest BCUT2D eigenvalue weighted by Crippen LogP contribution is 2.46. The standard InChI is InChI=1S/C31H25ClFN3O3S/c32-21-9-4-8-20(18-21)29(37)26-24(16-11-19-6-2-1-3-7-19)36(31(39)35-23-14-12-22(33)13-15-23)28(30(34)38)27(26)25-10-5-17-40-25/h1-18,24,26-28H,(H2,34,38)(H,35,39). The van der Waals surface area contributed by atoms with Crippen molar-refractivity contribution < 1.29 is 18.8 Å². The first-order chi connectivity index (χ1) is 19.3. The first-order valence-corrected chi connectivity index (χ1v) is 13.8. The fraction of sp³-hybridized carbons (Fsp3) is 0.129. The van der Waals surface area contributed by atoms with Crippen molar-refractivity contribution in [3.8, 4) is 0 Å². The quantitative estimate of drug-likeness (QED) is 0.244. The molecule has 3 aromatic carbocycles. The molecule has 1 saturated heterocycles. The predicted octanol–water partition coefficient (Wildman–Crippen LogP) is 6.61. The van der Waals surface area contributed by atoms with E-state index in [4.69, 9.17) is 17.3 Å². The fourth-order valence-electron chi connectivity index (χ4n) is 5.19. The van der Waals surface area contributed by atoms with Crippen LogP contribution in [0.5, 0.6) is 0 Å². The van der Waals surface area contributed by atoms with E-state index in [1.165, 1.54) is 40.5 Å². The van der Waals surface area contributed by atoms with Gasteiger partial charge in [0, 0.05) is 27.1 Å². The van der Waals surface area contributed by atoms with E-state index in [2.05, 4.69) is 5.32 Å². The van der Waals surface area contributed by atoms with Crippen LogP contribution < -0.4 is 11.1 Å². The molecular formula is C31H25ClFN3O3S. The van der Waals surface area contributed by atoms with Crippen molar-refractivity contribution in [2.24, 2.45) is 11.7 Å². The summed E-state index contributed by atoms with van der Waals surface area (Å²) in [4.78, 5) is 43.3. The molecule has 4 aromatic rings.